The number of primary amides is 1. The molecule has 16 heavy (non-hydrogen) atoms. The molecule has 2 amide bonds. The van der Waals surface area contributed by atoms with E-state index in [0.29, 0.717) is 13.2 Å². The van der Waals surface area contributed by atoms with E-state index in [-0.39, 0.29) is 12.5 Å². The molecule has 0 fully saturated rings. The Morgan fingerprint density at radius 1 is 1.19 bits per heavy atom. The smallest absolute Gasteiger partial charge is 0.336 e. The van der Waals surface area contributed by atoms with Crippen LogP contribution in [0.4, 0.5) is 4.79 Å². The fourth-order valence-corrected chi connectivity index (χ4v) is 1.05. The average Bonchev–Trinajstić information content (AvgIpc) is 2.18. The number of nitrogens with zero attached hydrogens (tertiary/aromatic N) is 1. The van der Waals surface area contributed by atoms with Gasteiger partial charge in [0.1, 0.15) is 0 Å². The topological polar surface area (TPSA) is 81.9 Å². The van der Waals surface area contributed by atoms with Crippen LogP contribution in [0.5, 0.6) is 0 Å². The van der Waals surface area contributed by atoms with Crippen molar-refractivity contribution >= 4 is 12.0 Å². The average molecular weight is 230 g/mol. The Morgan fingerprint density at radius 2 is 1.75 bits per heavy atom. The monoisotopic (exact) mass is 230 g/mol. The van der Waals surface area contributed by atoms with E-state index in [9.17, 15) is 9.59 Å². The predicted molar refractivity (Wildman–Crippen MR) is 58.3 cm³/mol. The molecule has 2 N–H and O–H groups in total. The minimum atomic E-state index is -0.675. The summed E-state index contributed by atoms with van der Waals surface area (Å²) in [5, 5.41) is 0. The lowest BCUT2D eigenvalue weighted by Crippen LogP contribution is -2.36. The Balaban J connectivity index is 4.81. The van der Waals surface area contributed by atoms with Crippen molar-refractivity contribution in [1.29, 1.82) is 0 Å². The van der Waals surface area contributed by atoms with Gasteiger partial charge in [0.25, 0.3) is 0 Å². The summed E-state index contributed by atoms with van der Waals surface area (Å²) in [7, 11) is 0. The van der Waals surface area contributed by atoms with Crippen LogP contribution >= 0.6 is 0 Å². The molecule has 0 aliphatic carbocycles. The third kappa shape index (κ3) is 4.68. The minimum Gasteiger partial charge on any atom is -0.479 e. The third-order valence-electron chi connectivity index (χ3n) is 1.67. The molecular formula is C10H18N2O4. The molecule has 92 valence electrons. The van der Waals surface area contributed by atoms with Gasteiger partial charge in [-0.15, -0.1) is 0 Å². The first-order valence-electron chi connectivity index (χ1n) is 5.14. The summed E-state index contributed by atoms with van der Waals surface area (Å²) < 4.78 is 9.88. The Labute approximate surface area is 95.0 Å². The maximum Gasteiger partial charge on any atom is 0.336 e. The highest BCUT2D eigenvalue weighted by molar-refractivity contribution is 5.84. The van der Waals surface area contributed by atoms with Gasteiger partial charge in [0.05, 0.1) is 19.3 Å². The number of urea groups is 1. The molecule has 0 saturated heterocycles. The number of rotatable bonds is 6. The van der Waals surface area contributed by atoms with Crippen LogP contribution in [0.15, 0.2) is 12.0 Å². The molecule has 0 aliphatic heterocycles. The number of carbonyl (C=O) groups is 2. The van der Waals surface area contributed by atoms with Gasteiger partial charge in [0, 0.05) is 6.54 Å². The van der Waals surface area contributed by atoms with Crippen molar-refractivity contribution in [2.24, 2.45) is 5.73 Å². The fraction of sp³-hybridized carbons (Fsp3) is 0.600. The second kappa shape index (κ2) is 7.56. The number of amides is 2. The minimum absolute atomic E-state index is 0.107. The number of hydrogen-bond acceptors (Lipinski definition) is 4. The molecule has 0 atom stereocenters. The van der Waals surface area contributed by atoms with E-state index in [1.165, 1.54) is 0 Å². The van der Waals surface area contributed by atoms with E-state index >= 15 is 0 Å². The lowest BCUT2D eigenvalue weighted by molar-refractivity contribution is -0.137. The summed E-state index contributed by atoms with van der Waals surface area (Å²) in [6, 6.07) is -0.675. The van der Waals surface area contributed by atoms with Gasteiger partial charge in [-0.2, -0.15) is 0 Å². The third-order valence-corrected chi connectivity index (χ3v) is 1.67. The fourth-order valence-electron chi connectivity index (χ4n) is 1.05. The number of carbonyl (C=O) groups excluding carboxylic acids is 2. The summed E-state index contributed by atoms with van der Waals surface area (Å²) in [5.74, 6) is -0.457. The molecule has 0 saturated carbocycles. The lowest BCUT2D eigenvalue weighted by Gasteiger charge is -2.20. The summed E-state index contributed by atoms with van der Waals surface area (Å²) in [5.41, 5.74) is 5.14. The highest BCUT2D eigenvalue weighted by atomic mass is 16.5. The van der Waals surface area contributed by atoms with Gasteiger partial charge in [-0.25, -0.2) is 9.59 Å². The van der Waals surface area contributed by atoms with E-state index in [2.05, 4.69) is 0 Å². The first kappa shape index (κ1) is 14.3. The van der Waals surface area contributed by atoms with Crippen LogP contribution in [0.25, 0.3) is 0 Å². The quantitative estimate of drug-likeness (QED) is 0.416. The second-order valence-corrected chi connectivity index (χ2v) is 2.75. The van der Waals surface area contributed by atoms with Gasteiger partial charge in [-0.3, -0.25) is 4.90 Å². The highest BCUT2D eigenvalue weighted by Crippen LogP contribution is 2.06. The van der Waals surface area contributed by atoms with Crippen molar-refractivity contribution in [1.82, 2.24) is 4.90 Å². The van der Waals surface area contributed by atoms with E-state index < -0.39 is 12.0 Å². The van der Waals surface area contributed by atoms with Gasteiger partial charge >= 0.3 is 12.0 Å². The zero-order chi connectivity index (χ0) is 12.6. The Bertz CT molecular complexity index is 276. The van der Waals surface area contributed by atoms with E-state index in [4.69, 9.17) is 15.2 Å². The van der Waals surface area contributed by atoms with Gasteiger partial charge in [-0.05, 0) is 20.8 Å². The maximum atomic E-state index is 11.2. The molecule has 0 spiro atoms. The summed E-state index contributed by atoms with van der Waals surface area (Å²) in [6.07, 6.45) is 1.11. The predicted octanol–water partition coefficient (Wildman–Crippen LogP) is 0.828. The van der Waals surface area contributed by atoms with E-state index in [0.717, 1.165) is 11.0 Å². The first-order valence-corrected chi connectivity index (χ1v) is 5.14. The molecule has 6 heteroatoms. The molecule has 0 bridgehead atoms. The van der Waals surface area contributed by atoms with Crippen LogP contribution in [0, 0.1) is 0 Å². The molecule has 0 radical (unpaired) electrons. The van der Waals surface area contributed by atoms with Crippen molar-refractivity contribution < 1.29 is 19.1 Å². The number of nitrogens with two attached hydrogens (primary N) is 1. The standard InChI is InChI=1S/C10H18N2O4/c1-4-12(10(11)14)8(15-5-2)7-9(13)16-6-3/h7H,4-6H2,1-3H3,(H2,11,14). The molecule has 0 unspecified atom stereocenters. The number of ether oxygens (including phenoxy) is 2. The van der Waals surface area contributed by atoms with Crippen molar-refractivity contribution in [3.05, 3.63) is 12.0 Å². The lowest BCUT2D eigenvalue weighted by atomic mass is 10.5. The second-order valence-electron chi connectivity index (χ2n) is 2.75. The van der Waals surface area contributed by atoms with Crippen LogP contribution in [0.3, 0.4) is 0 Å². The first-order chi connectivity index (χ1) is 7.56. The van der Waals surface area contributed by atoms with Gasteiger partial charge in [0.2, 0.25) is 5.88 Å². The molecule has 6 nitrogen and oxygen atoms in total. The van der Waals surface area contributed by atoms with Crippen molar-refractivity contribution in [2.75, 3.05) is 19.8 Å². The Hall–Kier alpha value is -1.72. The van der Waals surface area contributed by atoms with E-state index in [1.54, 1.807) is 20.8 Å². The largest absolute Gasteiger partial charge is 0.479 e. The van der Waals surface area contributed by atoms with E-state index in [1.807, 2.05) is 0 Å². The molecule has 0 aromatic carbocycles. The van der Waals surface area contributed by atoms with Crippen LogP contribution in [-0.2, 0) is 14.3 Å². The van der Waals surface area contributed by atoms with Gasteiger partial charge in [-0.1, -0.05) is 0 Å². The molecule has 0 rings (SSSR count). The molecular weight excluding hydrogens is 212 g/mol. The number of hydrogen-bond donors (Lipinski definition) is 1. The SMILES string of the molecule is CCOC(=O)C=C(OCC)N(CC)C(N)=O. The normalized spacial score (nSPS) is 10.8. The van der Waals surface area contributed by atoms with Crippen LogP contribution in [0.2, 0.25) is 0 Å². The van der Waals surface area contributed by atoms with Crippen LogP contribution < -0.4 is 5.73 Å². The maximum absolute atomic E-state index is 11.2. The van der Waals surface area contributed by atoms with Crippen molar-refractivity contribution in [3.8, 4) is 0 Å². The summed E-state index contributed by atoms with van der Waals surface area (Å²) >= 11 is 0. The highest BCUT2D eigenvalue weighted by Gasteiger charge is 2.16. The van der Waals surface area contributed by atoms with Crippen LogP contribution in [-0.4, -0.2) is 36.7 Å². The Morgan fingerprint density at radius 3 is 2.12 bits per heavy atom. The number of esters is 1. The molecule has 0 aromatic heterocycles. The van der Waals surface area contributed by atoms with Crippen LogP contribution in [0.1, 0.15) is 20.8 Å². The molecule has 0 aliphatic rings. The summed E-state index contributed by atoms with van der Waals surface area (Å²) in [4.78, 5) is 23.4. The van der Waals surface area contributed by atoms with Crippen molar-refractivity contribution in [2.45, 2.75) is 20.8 Å². The Kier molecular flexibility index (Phi) is 6.74. The van der Waals surface area contributed by atoms with Gasteiger partial charge in [0.15, 0.2) is 0 Å². The van der Waals surface area contributed by atoms with Gasteiger partial charge < -0.3 is 15.2 Å². The van der Waals surface area contributed by atoms with Crippen molar-refractivity contribution in [3.63, 3.8) is 0 Å². The summed E-state index contributed by atoms with van der Waals surface area (Å²) in [6.45, 7) is 6.07. The zero-order valence-electron chi connectivity index (χ0n) is 9.86. The zero-order valence-corrected chi connectivity index (χ0v) is 9.86. The molecule has 0 aromatic rings. The molecule has 0 heterocycles.